The molecule has 0 aliphatic carbocycles. The van der Waals surface area contributed by atoms with Gasteiger partial charge in [-0.1, -0.05) is 29.4 Å². The molecule has 2 aromatic rings. The fourth-order valence-corrected chi connectivity index (χ4v) is 3.77. The van der Waals surface area contributed by atoms with Crippen molar-refractivity contribution in [3.05, 3.63) is 39.3 Å². The molecule has 2 N–H and O–H groups in total. The first-order chi connectivity index (χ1) is 12.5. The molecule has 0 spiro atoms. The van der Waals surface area contributed by atoms with Gasteiger partial charge in [0.1, 0.15) is 0 Å². The van der Waals surface area contributed by atoms with Crippen molar-refractivity contribution in [2.75, 3.05) is 11.9 Å². The summed E-state index contributed by atoms with van der Waals surface area (Å²) in [7, 11) is 0. The number of halogens is 1. The number of nitrogens with zero attached hydrogens (tertiary/aromatic N) is 2. The topological polar surface area (TPSA) is 89.0 Å². The summed E-state index contributed by atoms with van der Waals surface area (Å²) < 4.78 is 7.13. The predicted octanol–water partition coefficient (Wildman–Crippen LogP) is 2.83. The molecule has 0 bridgehead atoms. The third-order valence-electron chi connectivity index (χ3n) is 4.31. The van der Waals surface area contributed by atoms with Crippen molar-refractivity contribution in [3.8, 4) is 0 Å². The minimum Gasteiger partial charge on any atom is -0.376 e. The second-order valence-electron chi connectivity index (χ2n) is 6.22. The summed E-state index contributed by atoms with van der Waals surface area (Å²) in [6.45, 7) is 4.79. The van der Waals surface area contributed by atoms with Crippen LogP contribution in [-0.2, 0) is 16.1 Å². The van der Waals surface area contributed by atoms with Gasteiger partial charge in [0.25, 0.3) is 0 Å². The van der Waals surface area contributed by atoms with Crippen molar-refractivity contribution in [1.29, 1.82) is 0 Å². The van der Waals surface area contributed by atoms with Crippen LogP contribution >= 0.6 is 23.4 Å². The van der Waals surface area contributed by atoms with E-state index in [0.717, 1.165) is 25.0 Å². The molecule has 1 aliphatic heterocycles. The predicted molar refractivity (Wildman–Crippen MR) is 102 cm³/mol. The van der Waals surface area contributed by atoms with E-state index in [1.165, 1.54) is 16.3 Å². The van der Waals surface area contributed by atoms with Crippen LogP contribution in [0.2, 0.25) is 5.02 Å². The number of H-pyrrole nitrogens is 1. The average Bonchev–Trinajstić information content (AvgIpc) is 3.24. The summed E-state index contributed by atoms with van der Waals surface area (Å²) in [4.78, 5) is 24.5. The second kappa shape index (κ2) is 8.28. The van der Waals surface area contributed by atoms with Crippen LogP contribution in [0.1, 0.15) is 25.3 Å². The Hall–Kier alpha value is -1.77. The van der Waals surface area contributed by atoms with Crippen LogP contribution in [0.25, 0.3) is 0 Å². The lowest BCUT2D eigenvalue weighted by atomic mass is 10.2. The number of benzene rings is 1. The van der Waals surface area contributed by atoms with Crippen molar-refractivity contribution in [3.63, 3.8) is 0 Å². The number of hydrogen-bond acceptors (Lipinski definition) is 5. The Morgan fingerprint density at radius 2 is 2.38 bits per heavy atom. The molecule has 0 radical (unpaired) electrons. The monoisotopic (exact) mass is 396 g/mol. The molecule has 1 saturated heterocycles. The zero-order valence-corrected chi connectivity index (χ0v) is 16.2. The molecule has 0 unspecified atom stereocenters. The highest BCUT2D eigenvalue weighted by Crippen LogP contribution is 2.26. The molecule has 1 fully saturated rings. The van der Waals surface area contributed by atoms with Gasteiger partial charge in [0.15, 0.2) is 5.16 Å². The number of carbonyl (C=O) groups is 1. The molecule has 1 amide bonds. The summed E-state index contributed by atoms with van der Waals surface area (Å²) in [5.41, 5.74) is 1.20. The fourth-order valence-electron chi connectivity index (χ4n) is 2.74. The molecule has 3 rings (SSSR count). The minimum atomic E-state index is -0.438. The van der Waals surface area contributed by atoms with Crippen LogP contribution in [-0.4, -0.2) is 38.6 Å². The SMILES string of the molecule is Cc1c(Cl)cccc1NC(=O)[C@@H](C)Sc1n[nH]c(=O)n1C[C@H]1CCCO1. The largest absolute Gasteiger partial charge is 0.376 e. The quantitative estimate of drug-likeness (QED) is 0.733. The van der Waals surface area contributed by atoms with Crippen LogP contribution in [0.4, 0.5) is 5.69 Å². The smallest absolute Gasteiger partial charge is 0.344 e. The molecule has 2 heterocycles. The molecule has 1 aliphatic rings. The van der Waals surface area contributed by atoms with Gasteiger partial charge in [-0.3, -0.25) is 9.36 Å². The van der Waals surface area contributed by atoms with E-state index in [0.29, 0.717) is 22.4 Å². The van der Waals surface area contributed by atoms with Crippen molar-refractivity contribution < 1.29 is 9.53 Å². The second-order valence-corrected chi connectivity index (χ2v) is 7.93. The Balaban J connectivity index is 1.67. The zero-order valence-electron chi connectivity index (χ0n) is 14.6. The summed E-state index contributed by atoms with van der Waals surface area (Å²) in [6, 6.07) is 5.37. The van der Waals surface area contributed by atoms with Crippen molar-refractivity contribution in [1.82, 2.24) is 14.8 Å². The van der Waals surface area contributed by atoms with E-state index in [1.807, 2.05) is 6.92 Å². The fraction of sp³-hybridized carbons (Fsp3) is 0.471. The molecule has 1 aromatic carbocycles. The standard InChI is InChI=1S/C17H21ClN4O3S/c1-10-13(18)6-3-7-14(10)19-15(23)11(2)26-17-21-20-16(24)22(17)9-12-5-4-8-25-12/h3,6-7,11-12H,4-5,8-9H2,1-2H3,(H,19,23)(H,20,24)/t11-,12-/m1/s1. The highest BCUT2D eigenvalue weighted by Gasteiger charge is 2.23. The molecular weight excluding hydrogens is 376 g/mol. The number of hydrogen-bond donors (Lipinski definition) is 2. The Bertz CT molecular complexity index is 845. The van der Waals surface area contributed by atoms with E-state index in [9.17, 15) is 9.59 Å². The number of anilines is 1. The molecule has 9 heteroatoms. The zero-order chi connectivity index (χ0) is 18.7. The van der Waals surface area contributed by atoms with Crippen molar-refractivity contribution in [2.24, 2.45) is 0 Å². The van der Waals surface area contributed by atoms with Gasteiger partial charge >= 0.3 is 5.69 Å². The van der Waals surface area contributed by atoms with Gasteiger partial charge in [0.05, 0.1) is 17.9 Å². The summed E-state index contributed by atoms with van der Waals surface area (Å²) in [5.74, 6) is -0.181. The Labute approximate surface area is 160 Å². The van der Waals surface area contributed by atoms with Crippen LogP contribution in [0.3, 0.4) is 0 Å². The first-order valence-electron chi connectivity index (χ1n) is 8.45. The van der Waals surface area contributed by atoms with Crippen molar-refractivity contribution >= 4 is 35.0 Å². The summed E-state index contributed by atoms with van der Waals surface area (Å²) in [6.07, 6.45) is 1.94. The average molecular weight is 397 g/mol. The van der Waals surface area contributed by atoms with E-state index in [1.54, 1.807) is 25.1 Å². The van der Waals surface area contributed by atoms with Gasteiger partial charge in [-0.15, -0.1) is 5.10 Å². The van der Waals surface area contributed by atoms with E-state index < -0.39 is 5.25 Å². The summed E-state index contributed by atoms with van der Waals surface area (Å²) in [5, 5.41) is 10.0. The molecule has 0 saturated carbocycles. The van der Waals surface area contributed by atoms with Crippen molar-refractivity contribution in [2.45, 2.75) is 49.7 Å². The number of ether oxygens (including phenoxy) is 1. The van der Waals surface area contributed by atoms with Gasteiger partial charge in [-0.2, -0.15) is 0 Å². The van der Waals surface area contributed by atoms with Gasteiger partial charge in [-0.25, -0.2) is 9.89 Å². The first-order valence-corrected chi connectivity index (χ1v) is 9.71. The maximum atomic E-state index is 12.5. The molecule has 1 aromatic heterocycles. The normalized spacial score (nSPS) is 18.0. The van der Waals surface area contributed by atoms with Crippen LogP contribution in [0.5, 0.6) is 0 Å². The minimum absolute atomic E-state index is 0.0166. The Morgan fingerprint density at radius 3 is 3.12 bits per heavy atom. The van der Waals surface area contributed by atoms with Gasteiger partial charge in [0.2, 0.25) is 5.91 Å². The number of amides is 1. The molecular formula is C17H21ClN4O3S. The third kappa shape index (κ3) is 4.31. The lowest BCUT2D eigenvalue weighted by molar-refractivity contribution is -0.115. The highest BCUT2D eigenvalue weighted by atomic mass is 35.5. The van der Waals surface area contributed by atoms with E-state index in [-0.39, 0.29) is 17.7 Å². The highest BCUT2D eigenvalue weighted by molar-refractivity contribution is 8.00. The number of aromatic nitrogens is 3. The number of thioether (sulfide) groups is 1. The number of aromatic amines is 1. The Kier molecular flexibility index (Phi) is 6.05. The maximum Gasteiger partial charge on any atom is 0.344 e. The lowest BCUT2D eigenvalue weighted by Crippen LogP contribution is -2.27. The van der Waals surface area contributed by atoms with Crippen LogP contribution in [0.15, 0.2) is 28.2 Å². The first kappa shape index (κ1) is 19.0. The third-order valence-corrected chi connectivity index (χ3v) is 5.81. The Morgan fingerprint density at radius 1 is 1.58 bits per heavy atom. The summed E-state index contributed by atoms with van der Waals surface area (Å²) >= 11 is 7.32. The van der Waals surface area contributed by atoms with Crippen LogP contribution in [0, 0.1) is 6.92 Å². The molecule has 7 nitrogen and oxygen atoms in total. The molecule has 140 valence electrons. The van der Waals surface area contributed by atoms with Gasteiger partial charge in [-0.05, 0) is 44.4 Å². The number of rotatable bonds is 6. The lowest BCUT2D eigenvalue weighted by Gasteiger charge is -2.15. The van der Waals surface area contributed by atoms with Gasteiger partial charge < -0.3 is 10.1 Å². The van der Waals surface area contributed by atoms with E-state index in [2.05, 4.69) is 15.5 Å². The van der Waals surface area contributed by atoms with Crippen LogP contribution < -0.4 is 11.0 Å². The van der Waals surface area contributed by atoms with Gasteiger partial charge in [0, 0.05) is 17.3 Å². The molecule has 2 atom stereocenters. The maximum absolute atomic E-state index is 12.5. The number of carbonyl (C=O) groups excluding carboxylic acids is 1. The van der Waals surface area contributed by atoms with E-state index >= 15 is 0 Å². The van der Waals surface area contributed by atoms with E-state index in [4.69, 9.17) is 16.3 Å². The molecule has 26 heavy (non-hydrogen) atoms. The number of nitrogens with one attached hydrogen (secondary N) is 2.